The second-order valence-corrected chi connectivity index (χ2v) is 9.69. The lowest BCUT2D eigenvalue weighted by molar-refractivity contribution is 0.401. The maximum absolute atomic E-state index is 3.70. The Hall–Kier alpha value is -2.19. The van der Waals surface area contributed by atoms with E-state index in [9.17, 15) is 0 Å². The molecule has 0 radical (unpaired) electrons. The fourth-order valence-corrected chi connectivity index (χ4v) is 7.12. The maximum Gasteiger partial charge on any atom is 0.0420 e. The van der Waals surface area contributed by atoms with Crippen molar-refractivity contribution in [1.29, 1.82) is 0 Å². The van der Waals surface area contributed by atoms with Crippen LogP contribution < -0.4 is 5.32 Å². The first-order chi connectivity index (χ1) is 13.6. The summed E-state index contributed by atoms with van der Waals surface area (Å²) < 4.78 is 0. The van der Waals surface area contributed by atoms with Gasteiger partial charge in [0.05, 0.1) is 0 Å². The van der Waals surface area contributed by atoms with Crippen molar-refractivity contribution in [2.24, 2.45) is 11.8 Å². The van der Waals surface area contributed by atoms with E-state index in [4.69, 9.17) is 0 Å². The van der Waals surface area contributed by atoms with Crippen LogP contribution in [0.15, 0.2) is 77.7 Å². The van der Waals surface area contributed by atoms with Gasteiger partial charge in [0.25, 0.3) is 0 Å². The zero-order valence-electron chi connectivity index (χ0n) is 16.7. The first-order valence-electron chi connectivity index (χ1n) is 10.3. The van der Waals surface area contributed by atoms with Gasteiger partial charge < -0.3 is 5.32 Å². The van der Waals surface area contributed by atoms with Crippen molar-refractivity contribution in [3.05, 3.63) is 89.5 Å². The van der Waals surface area contributed by atoms with Gasteiger partial charge >= 0.3 is 0 Å². The molecular formula is C26H27NS. The largest absolute Gasteiger partial charge is 0.355 e. The molecule has 1 fully saturated rings. The summed E-state index contributed by atoms with van der Waals surface area (Å²) >= 11 is 2.11. The minimum atomic E-state index is 0.562. The van der Waals surface area contributed by atoms with Gasteiger partial charge in [-0.15, -0.1) is 11.8 Å². The van der Waals surface area contributed by atoms with Crippen LogP contribution in [0, 0.1) is 18.8 Å². The fourth-order valence-electron chi connectivity index (χ4n) is 5.25. The molecule has 1 heterocycles. The van der Waals surface area contributed by atoms with E-state index in [-0.39, 0.29) is 0 Å². The maximum atomic E-state index is 3.70. The topological polar surface area (TPSA) is 12.0 Å². The molecule has 28 heavy (non-hydrogen) atoms. The van der Waals surface area contributed by atoms with E-state index in [2.05, 4.69) is 111 Å². The summed E-state index contributed by atoms with van der Waals surface area (Å²) in [5.74, 6) is 2.58. The number of thioether (sulfide) groups is 1. The highest BCUT2D eigenvalue weighted by atomic mass is 32.2. The minimum absolute atomic E-state index is 0.562. The molecule has 3 aromatic carbocycles. The summed E-state index contributed by atoms with van der Waals surface area (Å²) in [6.45, 7) is 7.05. The number of anilines is 2. The molecule has 0 saturated heterocycles. The normalized spacial score (nSPS) is 28.0. The Morgan fingerprint density at radius 3 is 2.07 bits per heavy atom. The van der Waals surface area contributed by atoms with Crippen molar-refractivity contribution < 1.29 is 0 Å². The third-order valence-electron chi connectivity index (χ3n) is 6.86. The molecule has 0 bridgehead atoms. The van der Waals surface area contributed by atoms with Crippen LogP contribution in [0.4, 0.5) is 11.4 Å². The highest BCUT2D eigenvalue weighted by molar-refractivity contribution is 8.00. The van der Waals surface area contributed by atoms with E-state index in [1.807, 2.05) is 0 Å². The molecule has 2 heteroatoms. The molecule has 5 atom stereocenters. The van der Waals surface area contributed by atoms with Crippen molar-refractivity contribution in [3.63, 3.8) is 0 Å². The van der Waals surface area contributed by atoms with Gasteiger partial charge in [-0.3, -0.25) is 0 Å². The van der Waals surface area contributed by atoms with E-state index in [0.717, 1.165) is 5.69 Å². The van der Waals surface area contributed by atoms with Gasteiger partial charge in [0.2, 0.25) is 0 Å². The molecule has 1 N–H and O–H groups in total. The molecule has 1 aliphatic carbocycles. The third-order valence-corrected chi connectivity index (χ3v) is 8.35. The molecule has 5 rings (SSSR count). The highest BCUT2D eigenvalue weighted by Gasteiger charge is 2.52. The van der Waals surface area contributed by atoms with Crippen LogP contribution in [0.2, 0.25) is 0 Å². The van der Waals surface area contributed by atoms with Gasteiger partial charge in [-0.1, -0.05) is 67.9 Å². The molecule has 1 aliphatic heterocycles. The average molecular weight is 386 g/mol. The predicted octanol–water partition coefficient (Wildman–Crippen LogP) is 7.37. The first kappa shape index (κ1) is 17.9. The minimum Gasteiger partial charge on any atom is -0.355 e. The van der Waals surface area contributed by atoms with Gasteiger partial charge in [0.15, 0.2) is 0 Å². The van der Waals surface area contributed by atoms with Gasteiger partial charge in [0, 0.05) is 33.4 Å². The van der Waals surface area contributed by atoms with Crippen LogP contribution in [0.25, 0.3) is 0 Å². The molecule has 1 saturated carbocycles. The zero-order chi connectivity index (χ0) is 19.3. The van der Waals surface area contributed by atoms with Crippen LogP contribution in [0.3, 0.4) is 0 Å². The zero-order valence-corrected chi connectivity index (χ0v) is 17.5. The first-order valence-corrected chi connectivity index (χ1v) is 11.2. The molecule has 3 aromatic rings. The van der Waals surface area contributed by atoms with Crippen LogP contribution in [0.1, 0.15) is 42.4 Å². The summed E-state index contributed by atoms with van der Waals surface area (Å²) in [6.07, 6.45) is 0. The van der Waals surface area contributed by atoms with Crippen molar-refractivity contribution >= 4 is 23.1 Å². The second-order valence-electron chi connectivity index (χ2n) is 8.47. The fraction of sp³-hybridized carbons (Fsp3) is 0.308. The average Bonchev–Trinajstić information content (AvgIpc) is 3.19. The number of aryl methyl sites for hydroxylation is 1. The Morgan fingerprint density at radius 1 is 0.714 bits per heavy atom. The quantitative estimate of drug-likeness (QED) is 0.505. The molecule has 0 aromatic heterocycles. The Balaban J connectivity index is 1.52. The summed E-state index contributed by atoms with van der Waals surface area (Å²) in [4.78, 5) is 1.49. The third kappa shape index (κ3) is 2.86. The van der Waals surface area contributed by atoms with Crippen molar-refractivity contribution in [2.75, 3.05) is 5.32 Å². The Bertz CT molecular complexity index is 993. The van der Waals surface area contributed by atoms with E-state index in [1.165, 1.54) is 21.7 Å². The van der Waals surface area contributed by atoms with E-state index in [1.54, 1.807) is 5.56 Å². The monoisotopic (exact) mass is 385 g/mol. The van der Waals surface area contributed by atoms with Crippen LogP contribution >= 0.6 is 11.8 Å². The number of nitrogens with one attached hydrogen (secondary N) is 1. The van der Waals surface area contributed by atoms with Gasteiger partial charge in [-0.05, 0) is 54.2 Å². The van der Waals surface area contributed by atoms with Gasteiger partial charge in [0.1, 0.15) is 0 Å². The number of para-hydroxylation sites is 1. The Kier molecular flexibility index (Phi) is 4.47. The van der Waals surface area contributed by atoms with Gasteiger partial charge in [-0.2, -0.15) is 0 Å². The van der Waals surface area contributed by atoms with Crippen molar-refractivity contribution in [3.8, 4) is 0 Å². The lowest BCUT2D eigenvalue weighted by atomic mass is 9.85. The number of benzene rings is 3. The number of fused-ring (bicyclic) bond motifs is 3. The molecule has 0 amide bonds. The summed E-state index contributed by atoms with van der Waals surface area (Å²) in [6, 6.07) is 26.7. The summed E-state index contributed by atoms with van der Waals surface area (Å²) in [5.41, 5.74) is 6.75. The number of rotatable bonds is 3. The Morgan fingerprint density at radius 2 is 1.32 bits per heavy atom. The van der Waals surface area contributed by atoms with Crippen LogP contribution in [0.5, 0.6) is 0 Å². The standard InChI is InChI=1S/C26H27NS/c1-16-12-14-19(15-13-16)27-22-10-6-4-8-20(22)24-17(2)18(3)25-21-9-5-7-11-23(21)28-26(24)25/h4-15,17-18,24-27H,1-3H3. The Labute approximate surface area is 172 Å². The molecule has 0 spiro atoms. The second kappa shape index (κ2) is 7.00. The number of hydrogen-bond acceptors (Lipinski definition) is 2. The molecule has 142 valence electrons. The number of hydrogen-bond donors (Lipinski definition) is 1. The van der Waals surface area contributed by atoms with Crippen molar-refractivity contribution in [2.45, 2.75) is 42.8 Å². The summed E-state index contributed by atoms with van der Waals surface area (Å²) in [7, 11) is 0. The van der Waals surface area contributed by atoms with Gasteiger partial charge in [-0.25, -0.2) is 0 Å². The summed E-state index contributed by atoms with van der Waals surface area (Å²) in [5, 5.41) is 4.33. The van der Waals surface area contributed by atoms with E-state index in [0.29, 0.717) is 28.9 Å². The lowest BCUT2D eigenvalue weighted by Crippen LogP contribution is -2.15. The van der Waals surface area contributed by atoms with Crippen LogP contribution in [-0.4, -0.2) is 5.25 Å². The molecule has 2 aliphatic rings. The van der Waals surface area contributed by atoms with Crippen molar-refractivity contribution in [1.82, 2.24) is 0 Å². The van der Waals surface area contributed by atoms with E-state index < -0.39 is 0 Å². The van der Waals surface area contributed by atoms with E-state index >= 15 is 0 Å². The molecule has 5 unspecified atom stereocenters. The smallest absolute Gasteiger partial charge is 0.0420 e. The highest BCUT2D eigenvalue weighted by Crippen LogP contribution is 2.63. The SMILES string of the molecule is Cc1ccc(Nc2ccccc2C2C(C)C(C)C3c4ccccc4SC23)cc1. The molecule has 1 nitrogen and oxygen atoms in total. The predicted molar refractivity (Wildman–Crippen MR) is 121 cm³/mol. The lowest BCUT2D eigenvalue weighted by Gasteiger charge is -2.25. The van der Waals surface area contributed by atoms with Crippen LogP contribution in [-0.2, 0) is 0 Å². The molecular weight excluding hydrogens is 358 g/mol.